The molecule has 0 heterocycles. The fraction of sp³-hybridized carbons (Fsp3) is 0.333. The standard InChI is InChI=1S/C18H22O2/c1-14-6-4-5-7-16(14)13-18(2,19)12-15-8-10-17(20-3)11-9-15/h4-11,19H,12-13H2,1-3H3. The Morgan fingerprint density at radius 3 is 2.25 bits per heavy atom. The highest BCUT2D eigenvalue weighted by Crippen LogP contribution is 2.22. The van der Waals surface area contributed by atoms with E-state index >= 15 is 0 Å². The van der Waals surface area contributed by atoms with Crippen LogP contribution < -0.4 is 4.74 Å². The van der Waals surface area contributed by atoms with E-state index in [4.69, 9.17) is 4.74 Å². The quantitative estimate of drug-likeness (QED) is 0.900. The van der Waals surface area contributed by atoms with Crippen molar-refractivity contribution in [1.82, 2.24) is 0 Å². The lowest BCUT2D eigenvalue weighted by molar-refractivity contribution is 0.0606. The third-order valence-electron chi connectivity index (χ3n) is 3.58. The first-order valence-corrected chi connectivity index (χ1v) is 6.90. The van der Waals surface area contributed by atoms with E-state index < -0.39 is 5.60 Å². The monoisotopic (exact) mass is 270 g/mol. The van der Waals surface area contributed by atoms with E-state index in [1.165, 1.54) is 11.1 Å². The van der Waals surface area contributed by atoms with Crippen LogP contribution in [0.5, 0.6) is 5.75 Å². The van der Waals surface area contributed by atoms with Gasteiger partial charge in [0.1, 0.15) is 5.75 Å². The predicted octanol–water partition coefficient (Wildman–Crippen LogP) is 3.54. The number of aliphatic hydroxyl groups is 1. The number of ether oxygens (including phenoxy) is 1. The highest BCUT2D eigenvalue weighted by molar-refractivity contribution is 5.30. The van der Waals surface area contributed by atoms with Crippen molar-refractivity contribution in [2.75, 3.05) is 7.11 Å². The number of methoxy groups -OCH3 is 1. The van der Waals surface area contributed by atoms with Gasteiger partial charge in [0.15, 0.2) is 0 Å². The molecule has 2 aromatic carbocycles. The molecule has 0 saturated heterocycles. The Kier molecular flexibility index (Phi) is 4.46. The van der Waals surface area contributed by atoms with Gasteiger partial charge in [-0.1, -0.05) is 36.4 Å². The molecule has 20 heavy (non-hydrogen) atoms. The van der Waals surface area contributed by atoms with Crippen LogP contribution in [0.2, 0.25) is 0 Å². The van der Waals surface area contributed by atoms with Gasteiger partial charge in [-0.2, -0.15) is 0 Å². The summed E-state index contributed by atoms with van der Waals surface area (Å²) in [7, 11) is 1.66. The number of hydrogen-bond donors (Lipinski definition) is 1. The van der Waals surface area contributed by atoms with Crippen LogP contribution in [0, 0.1) is 6.92 Å². The Morgan fingerprint density at radius 2 is 1.65 bits per heavy atom. The lowest BCUT2D eigenvalue weighted by Crippen LogP contribution is -2.30. The van der Waals surface area contributed by atoms with Crippen molar-refractivity contribution in [3.05, 3.63) is 65.2 Å². The first kappa shape index (κ1) is 14.6. The molecule has 0 amide bonds. The summed E-state index contributed by atoms with van der Waals surface area (Å²) >= 11 is 0. The second-order valence-corrected chi connectivity index (χ2v) is 5.63. The zero-order valence-corrected chi connectivity index (χ0v) is 12.4. The SMILES string of the molecule is COc1ccc(CC(C)(O)Cc2ccccc2C)cc1. The largest absolute Gasteiger partial charge is 0.497 e. The van der Waals surface area contributed by atoms with Crippen molar-refractivity contribution in [3.63, 3.8) is 0 Å². The molecule has 0 aliphatic carbocycles. The molecule has 0 aliphatic rings. The van der Waals surface area contributed by atoms with E-state index in [2.05, 4.69) is 19.1 Å². The van der Waals surface area contributed by atoms with Crippen molar-refractivity contribution in [2.45, 2.75) is 32.3 Å². The molecule has 0 saturated carbocycles. The summed E-state index contributed by atoms with van der Waals surface area (Å²) < 4.78 is 5.15. The van der Waals surface area contributed by atoms with Crippen molar-refractivity contribution >= 4 is 0 Å². The van der Waals surface area contributed by atoms with E-state index in [0.717, 1.165) is 11.3 Å². The predicted molar refractivity (Wildman–Crippen MR) is 82.2 cm³/mol. The second kappa shape index (κ2) is 6.10. The van der Waals surface area contributed by atoms with Crippen LogP contribution >= 0.6 is 0 Å². The van der Waals surface area contributed by atoms with Crippen LogP contribution in [0.25, 0.3) is 0 Å². The van der Waals surface area contributed by atoms with Gasteiger partial charge in [0.2, 0.25) is 0 Å². The van der Waals surface area contributed by atoms with Gasteiger partial charge < -0.3 is 9.84 Å². The summed E-state index contributed by atoms with van der Waals surface area (Å²) in [4.78, 5) is 0. The minimum atomic E-state index is -0.749. The summed E-state index contributed by atoms with van der Waals surface area (Å²) in [5.41, 5.74) is 2.79. The van der Waals surface area contributed by atoms with E-state index in [-0.39, 0.29) is 0 Å². The summed E-state index contributed by atoms with van der Waals surface area (Å²) in [6.07, 6.45) is 1.29. The molecule has 0 fully saturated rings. The number of aryl methyl sites for hydroxylation is 1. The van der Waals surface area contributed by atoms with Gasteiger partial charge >= 0.3 is 0 Å². The van der Waals surface area contributed by atoms with E-state index in [1.807, 2.05) is 43.3 Å². The first-order chi connectivity index (χ1) is 9.50. The average Bonchev–Trinajstić information content (AvgIpc) is 2.41. The van der Waals surface area contributed by atoms with Gasteiger partial charge in [0, 0.05) is 12.8 Å². The Hall–Kier alpha value is -1.80. The molecular weight excluding hydrogens is 248 g/mol. The summed E-state index contributed by atoms with van der Waals surface area (Å²) in [6, 6.07) is 16.1. The zero-order chi connectivity index (χ0) is 14.6. The fourth-order valence-corrected chi connectivity index (χ4v) is 2.46. The first-order valence-electron chi connectivity index (χ1n) is 6.90. The van der Waals surface area contributed by atoms with Crippen molar-refractivity contribution in [3.8, 4) is 5.75 Å². The van der Waals surface area contributed by atoms with Crippen LogP contribution in [-0.4, -0.2) is 17.8 Å². The van der Waals surface area contributed by atoms with Gasteiger partial charge in [0.25, 0.3) is 0 Å². The molecule has 0 aliphatic heterocycles. The number of hydrogen-bond acceptors (Lipinski definition) is 2. The molecule has 2 heteroatoms. The van der Waals surface area contributed by atoms with Crippen molar-refractivity contribution < 1.29 is 9.84 Å². The van der Waals surface area contributed by atoms with Gasteiger partial charge in [-0.3, -0.25) is 0 Å². The average molecular weight is 270 g/mol. The maximum Gasteiger partial charge on any atom is 0.118 e. The minimum Gasteiger partial charge on any atom is -0.497 e. The maximum absolute atomic E-state index is 10.6. The molecule has 2 rings (SSSR count). The fourth-order valence-electron chi connectivity index (χ4n) is 2.46. The van der Waals surface area contributed by atoms with Crippen LogP contribution in [0.4, 0.5) is 0 Å². The molecule has 0 radical (unpaired) electrons. The Morgan fingerprint density at radius 1 is 1.00 bits per heavy atom. The highest BCUT2D eigenvalue weighted by atomic mass is 16.5. The lowest BCUT2D eigenvalue weighted by atomic mass is 9.88. The molecule has 0 spiro atoms. The van der Waals surface area contributed by atoms with E-state index in [1.54, 1.807) is 7.11 Å². The van der Waals surface area contributed by atoms with E-state index in [0.29, 0.717) is 12.8 Å². The molecule has 2 nitrogen and oxygen atoms in total. The maximum atomic E-state index is 10.6. The molecule has 0 aromatic heterocycles. The second-order valence-electron chi connectivity index (χ2n) is 5.63. The molecule has 2 aromatic rings. The summed E-state index contributed by atoms with van der Waals surface area (Å²) in [5, 5.41) is 10.6. The van der Waals surface area contributed by atoms with Gasteiger partial charge in [-0.15, -0.1) is 0 Å². The van der Waals surface area contributed by atoms with Crippen molar-refractivity contribution in [1.29, 1.82) is 0 Å². The van der Waals surface area contributed by atoms with Crippen LogP contribution in [0.1, 0.15) is 23.6 Å². The summed E-state index contributed by atoms with van der Waals surface area (Å²) in [6.45, 7) is 3.97. The third-order valence-corrected chi connectivity index (χ3v) is 3.58. The lowest BCUT2D eigenvalue weighted by Gasteiger charge is -2.24. The Balaban J connectivity index is 2.08. The van der Waals surface area contributed by atoms with Gasteiger partial charge in [-0.05, 0) is 42.7 Å². The number of benzene rings is 2. The third kappa shape index (κ3) is 3.84. The van der Waals surface area contributed by atoms with E-state index in [9.17, 15) is 5.11 Å². The van der Waals surface area contributed by atoms with Gasteiger partial charge in [-0.25, -0.2) is 0 Å². The van der Waals surface area contributed by atoms with Gasteiger partial charge in [0.05, 0.1) is 12.7 Å². The normalized spacial score (nSPS) is 13.8. The van der Waals surface area contributed by atoms with Crippen LogP contribution in [0.3, 0.4) is 0 Å². The Bertz CT molecular complexity index is 556. The van der Waals surface area contributed by atoms with Crippen LogP contribution in [0.15, 0.2) is 48.5 Å². The topological polar surface area (TPSA) is 29.5 Å². The molecule has 1 unspecified atom stereocenters. The zero-order valence-electron chi connectivity index (χ0n) is 12.4. The van der Waals surface area contributed by atoms with Crippen molar-refractivity contribution in [2.24, 2.45) is 0 Å². The highest BCUT2D eigenvalue weighted by Gasteiger charge is 2.22. The summed E-state index contributed by atoms with van der Waals surface area (Å²) in [5.74, 6) is 0.840. The smallest absolute Gasteiger partial charge is 0.118 e. The molecule has 1 N–H and O–H groups in total. The van der Waals surface area contributed by atoms with Crippen LogP contribution in [-0.2, 0) is 12.8 Å². The number of rotatable bonds is 5. The molecule has 1 atom stereocenters. The molecular formula is C18H22O2. The molecule has 106 valence electrons. The minimum absolute atomic E-state index is 0.630. The Labute approximate surface area is 121 Å². The molecule has 0 bridgehead atoms.